The van der Waals surface area contributed by atoms with Crippen LogP contribution in [0.4, 0.5) is 17.6 Å². The van der Waals surface area contributed by atoms with E-state index in [9.17, 15) is 27.5 Å². The van der Waals surface area contributed by atoms with Crippen LogP contribution in [0.5, 0.6) is 0 Å². The van der Waals surface area contributed by atoms with Gasteiger partial charge in [-0.15, -0.1) is 0 Å². The minimum absolute atomic E-state index is 0.300. The summed E-state index contributed by atoms with van der Waals surface area (Å²) in [6.45, 7) is 0. The third kappa shape index (κ3) is 3.91. The van der Waals surface area contributed by atoms with Crippen LogP contribution in [0.2, 0.25) is 5.02 Å². The average molecular weight is 403 g/mol. The molecule has 3 rings (SSSR count). The number of amides is 1. The molecule has 0 aliphatic heterocycles. The van der Waals surface area contributed by atoms with E-state index in [2.05, 4.69) is 10.3 Å². The Bertz CT molecular complexity index is 869. The van der Waals surface area contributed by atoms with Crippen molar-refractivity contribution in [1.29, 1.82) is 0 Å². The van der Waals surface area contributed by atoms with Gasteiger partial charge in [0.2, 0.25) is 0 Å². The van der Waals surface area contributed by atoms with Crippen molar-refractivity contribution in [3.05, 3.63) is 64.2 Å². The summed E-state index contributed by atoms with van der Waals surface area (Å²) in [5.74, 6) is -1.55. The smallest absolute Gasteiger partial charge is 0.387 e. The lowest BCUT2D eigenvalue weighted by Crippen LogP contribution is -2.50. The van der Waals surface area contributed by atoms with Crippen molar-refractivity contribution in [3.8, 4) is 0 Å². The largest absolute Gasteiger partial charge is 0.417 e. The lowest BCUT2D eigenvalue weighted by molar-refractivity contribution is -0.137. The monoisotopic (exact) mass is 402 g/mol. The normalized spacial score (nSPS) is 17.1. The summed E-state index contributed by atoms with van der Waals surface area (Å²) in [5.41, 5.74) is -2.82. The number of hydrogen-bond donors (Lipinski definition) is 2. The maximum Gasteiger partial charge on any atom is 0.417 e. The molecule has 1 heterocycles. The van der Waals surface area contributed by atoms with Gasteiger partial charge in [0, 0.05) is 6.20 Å². The van der Waals surface area contributed by atoms with Crippen LogP contribution >= 0.6 is 11.6 Å². The van der Waals surface area contributed by atoms with Crippen LogP contribution in [0.3, 0.4) is 0 Å². The molecule has 1 aliphatic rings. The van der Waals surface area contributed by atoms with Gasteiger partial charge in [-0.2, -0.15) is 13.2 Å². The number of benzene rings is 1. The SMILES string of the molecule is O=C(NC(c1cccc(F)c1)C1(O)CCC1)c1nccc(C(F)(F)F)c1Cl. The van der Waals surface area contributed by atoms with Gasteiger partial charge in [0.05, 0.1) is 22.2 Å². The second-order valence-corrected chi connectivity index (χ2v) is 6.82. The second-order valence-electron chi connectivity index (χ2n) is 6.44. The van der Waals surface area contributed by atoms with Crippen molar-refractivity contribution in [1.82, 2.24) is 10.3 Å². The topological polar surface area (TPSA) is 62.2 Å². The van der Waals surface area contributed by atoms with E-state index in [1.54, 1.807) is 0 Å². The number of nitrogens with one attached hydrogen (secondary N) is 1. The molecule has 1 atom stereocenters. The van der Waals surface area contributed by atoms with Crippen LogP contribution in [0.25, 0.3) is 0 Å². The van der Waals surface area contributed by atoms with E-state index in [0.717, 1.165) is 12.3 Å². The number of pyridine rings is 1. The summed E-state index contributed by atoms with van der Waals surface area (Å²) in [6, 6.07) is 4.96. The Kier molecular flexibility index (Phi) is 5.14. The first-order valence-electron chi connectivity index (χ1n) is 8.12. The third-order valence-corrected chi connectivity index (χ3v) is 5.01. The van der Waals surface area contributed by atoms with Gasteiger partial charge in [-0.3, -0.25) is 4.79 Å². The van der Waals surface area contributed by atoms with Crippen molar-refractivity contribution >= 4 is 17.5 Å². The van der Waals surface area contributed by atoms with Crippen molar-refractivity contribution in [2.75, 3.05) is 0 Å². The number of carbonyl (C=O) groups excluding carboxylic acids is 1. The summed E-state index contributed by atoms with van der Waals surface area (Å²) in [4.78, 5) is 16.2. The van der Waals surface area contributed by atoms with Gasteiger partial charge in [0.1, 0.15) is 11.5 Å². The molecule has 4 nitrogen and oxygen atoms in total. The van der Waals surface area contributed by atoms with Gasteiger partial charge in [-0.05, 0) is 43.0 Å². The summed E-state index contributed by atoms with van der Waals surface area (Å²) >= 11 is 5.74. The highest BCUT2D eigenvalue weighted by molar-refractivity contribution is 6.34. The number of aliphatic hydroxyl groups is 1. The molecule has 1 saturated carbocycles. The Hall–Kier alpha value is -2.19. The molecule has 2 N–H and O–H groups in total. The molecule has 2 aromatic rings. The Balaban J connectivity index is 1.94. The van der Waals surface area contributed by atoms with E-state index in [1.807, 2.05) is 0 Å². The summed E-state index contributed by atoms with van der Waals surface area (Å²) in [6.07, 6.45) is -2.49. The lowest BCUT2D eigenvalue weighted by Gasteiger charge is -2.43. The molecule has 9 heteroatoms. The van der Waals surface area contributed by atoms with Gasteiger partial charge in [-0.1, -0.05) is 23.7 Å². The molecule has 1 aliphatic carbocycles. The first-order chi connectivity index (χ1) is 12.6. The minimum Gasteiger partial charge on any atom is -0.387 e. The third-order valence-electron chi connectivity index (χ3n) is 4.62. The molecule has 1 aromatic carbocycles. The standard InChI is InChI=1S/C18H15ClF4N2O2/c19-13-12(18(21,22)23)5-8-24-14(13)16(26)25-15(17(27)6-2-7-17)10-3-1-4-11(20)9-10/h1,3-5,8-9,15,27H,2,6-7H2,(H,25,26). The molecular formula is C18H15ClF4N2O2. The fourth-order valence-electron chi connectivity index (χ4n) is 3.06. The molecule has 0 spiro atoms. The fraction of sp³-hybridized carbons (Fsp3) is 0.333. The number of aromatic nitrogens is 1. The highest BCUT2D eigenvalue weighted by atomic mass is 35.5. The van der Waals surface area contributed by atoms with Crippen LogP contribution in [-0.4, -0.2) is 21.6 Å². The predicted octanol–water partition coefficient (Wildman–Crippen LogP) is 4.28. The Labute approximate surface area is 157 Å². The van der Waals surface area contributed by atoms with E-state index < -0.39 is 45.8 Å². The Morgan fingerprint density at radius 2 is 2.00 bits per heavy atom. The first kappa shape index (κ1) is 19.6. The summed E-state index contributed by atoms with van der Waals surface area (Å²) < 4.78 is 52.6. The Morgan fingerprint density at radius 1 is 1.30 bits per heavy atom. The molecule has 0 radical (unpaired) electrons. The predicted molar refractivity (Wildman–Crippen MR) is 89.7 cm³/mol. The van der Waals surface area contributed by atoms with E-state index in [-0.39, 0.29) is 0 Å². The molecule has 1 amide bonds. The minimum atomic E-state index is -4.75. The second kappa shape index (κ2) is 7.09. The number of alkyl halides is 3. The number of rotatable bonds is 4. The van der Waals surface area contributed by atoms with E-state index in [1.165, 1.54) is 18.2 Å². The number of carbonyl (C=O) groups is 1. The highest BCUT2D eigenvalue weighted by Gasteiger charge is 2.44. The van der Waals surface area contributed by atoms with Gasteiger partial charge in [0.15, 0.2) is 0 Å². The van der Waals surface area contributed by atoms with Crippen LogP contribution < -0.4 is 5.32 Å². The van der Waals surface area contributed by atoms with Crippen molar-refractivity contribution < 1.29 is 27.5 Å². The fourth-order valence-corrected chi connectivity index (χ4v) is 3.37. The molecule has 144 valence electrons. The zero-order valence-electron chi connectivity index (χ0n) is 13.9. The molecule has 0 bridgehead atoms. The van der Waals surface area contributed by atoms with Gasteiger partial charge >= 0.3 is 6.18 Å². The van der Waals surface area contributed by atoms with E-state index >= 15 is 0 Å². The van der Waals surface area contributed by atoms with Crippen molar-refractivity contribution in [2.24, 2.45) is 0 Å². The van der Waals surface area contributed by atoms with Crippen molar-refractivity contribution in [2.45, 2.75) is 37.1 Å². The summed E-state index contributed by atoms with van der Waals surface area (Å²) in [5, 5.41) is 12.3. The molecule has 1 fully saturated rings. The van der Waals surface area contributed by atoms with E-state index in [4.69, 9.17) is 11.6 Å². The average Bonchev–Trinajstić information content (AvgIpc) is 2.56. The van der Waals surface area contributed by atoms with Crippen molar-refractivity contribution in [3.63, 3.8) is 0 Å². The molecule has 1 unspecified atom stereocenters. The Morgan fingerprint density at radius 3 is 2.56 bits per heavy atom. The van der Waals surface area contributed by atoms with E-state index in [0.29, 0.717) is 30.9 Å². The van der Waals surface area contributed by atoms with Crippen LogP contribution in [-0.2, 0) is 6.18 Å². The molecular weight excluding hydrogens is 388 g/mol. The molecule has 0 saturated heterocycles. The summed E-state index contributed by atoms with van der Waals surface area (Å²) in [7, 11) is 0. The maximum atomic E-state index is 13.6. The number of halogens is 5. The van der Waals surface area contributed by atoms with Gasteiger partial charge in [0.25, 0.3) is 5.91 Å². The maximum absolute atomic E-state index is 13.6. The van der Waals surface area contributed by atoms with Gasteiger partial charge < -0.3 is 10.4 Å². The van der Waals surface area contributed by atoms with Crippen LogP contribution in [0.15, 0.2) is 36.5 Å². The quantitative estimate of drug-likeness (QED) is 0.750. The zero-order valence-corrected chi connectivity index (χ0v) is 14.6. The lowest BCUT2D eigenvalue weighted by atomic mass is 9.72. The first-order valence-corrected chi connectivity index (χ1v) is 8.50. The number of nitrogens with zero attached hydrogens (tertiary/aromatic N) is 1. The van der Waals surface area contributed by atoms with Crippen LogP contribution in [0.1, 0.15) is 46.9 Å². The molecule has 1 aromatic heterocycles. The van der Waals surface area contributed by atoms with Gasteiger partial charge in [-0.25, -0.2) is 9.37 Å². The highest BCUT2D eigenvalue weighted by Crippen LogP contribution is 2.42. The van der Waals surface area contributed by atoms with Crippen LogP contribution in [0, 0.1) is 5.82 Å². The molecule has 27 heavy (non-hydrogen) atoms. The number of hydrogen-bond acceptors (Lipinski definition) is 3. The zero-order chi connectivity index (χ0) is 19.8.